The molecule has 2 aliphatic rings. The Bertz CT molecular complexity index is 1330. The second-order valence-corrected chi connectivity index (χ2v) is 11.2. The molecule has 1 aliphatic carbocycles. The zero-order valence-corrected chi connectivity index (χ0v) is 24.4. The van der Waals surface area contributed by atoms with Gasteiger partial charge in [0.1, 0.15) is 0 Å². The van der Waals surface area contributed by atoms with Crippen LogP contribution >= 0.6 is 11.6 Å². The molecule has 1 heterocycles. The molecule has 41 heavy (non-hydrogen) atoms. The third-order valence-corrected chi connectivity index (χ3v) is 7.94. The number of anilines is 1. The Morgan fingerprint density at radius 1 is 0.854 bits per heavy atom. The Morgan fingerprint density at radius 3 is 2.27 bits per heavy atom. The van der Waals surface area contributed by atoms with Gasteiger partial charge < -0.3 is 19.3 Å². The van der Waals surface area contributed by atoms with Crippen LogP contribution in [0.15, 0.2) is 72.8 Å². The molecule has 3 aromatic rings. The molecule has 5 rings (SSSR count). The lowest BCUT2D eigenvalue weighted by Crippen LogP contribution is -2.40. The predicted molar refractivity (Wildman–Crippen MR) is 161 cm³/mol. The Balaban J connectivity index is 1.38. The van der Waals surface area contributed by atoms with Gasteiger partial charge in [0.2, 0.25) is 5.91 Å². The number of para-hydroxylation sites is 3. The van der Waals surface area contributed by atoms with Crippen molar-refractivity contribution in [3.63, 3.8) is 0 Å². The van der Waals surface area contributed by atoms with Gasteiger partial charge in [-0.3, -0.25) is 14.5 Å². The minimum atomic E-state index is -0.105. The van der Waals surface area contributed by atoms with Crippen molar-refractivity contribution in [3.05, 3.63) is 88.9 Å². The summed E-state index contributed by atoms with van der Waals surface area (Å²) < 4.78 is 11.3. The molecular formula is C33H38ClN3O4. The van der Waals surface area contributed by atoms with Crippen molar-refractivity contribution in [2.24, 2.45) is 5.92 Å². The highest BCUT2D eigenvalue weighted by atomic mass is 35.5. The van der Waals surface area contributed by atoms with Crippen LogP contribution in [0.2, 0.25) is 5.02 Å². The topological polar surface area (TPSA) is 62.3 Å². The number of fused-ring (bicyclic) bond motifs is 1. The van der Waals surface area contributed by atoms with Crippen LogP contribution < -0.4 is 14.4 Å². The highest BCUT2D eigenvalue weighted by Crippen LogP contribution is 2.34. The van der Waals surface area contributed by atoms with Crippen LogP contribution in [0.5, 0.6) is 11.5 Å². The van der Waals surface area contributed by atoms with Gasteiger partial charge in [0.05, 0.1) is 7.11 Å². The predicted octanol–water partition coefficient (Wildman–Crippen LogP) is 5.80. The average Bonchev–Trinajstić information content (AvgIpc) is 3.84. The van der Waals surface area contributed by atoms with Crippen molar-refractivity contribution < 1.29 is 19.1 Å². The zero-order valence-electron chi connectivity index (χ0n) is 23.6. The number of carbonyl (C=O) groups excluding carboxylic acids is 2. The molecule has 1 aliphatic heterocycles. The van der Waals surface area contributed by atoms with Crippen LogP contribution in [0.3, 0.4) is 0 Å². The number of halogens is 1. The van der Waals surface area contributed by atoms with Crippen molar-refractivity contribution in [2.75, 3.05) is 44.8 Å². The minimum Gasteiger partial charge on any atom is -0.493 e. The molecule has 1 saturated carbocycles. The molecular weight excluding hydrogens is 538 g/mol. The lowest BCUT2D eigenvalue weighted by Gasteiger charge is -2.32. The molecule has 216 valence electrons. The summed E-state index contributed by atoms with van der Waals surface area (Å²) in [5, 5.41) is 0.722. The van der Waals surface area contributed by atoms with Crippen molar-refractivity contribution in [3.8, 4) is 11.5 Å². The zero-order chi connectivity index (χ0) is 28.6. The fraction of sp³-hybridized carbons (Fsp3) is 0.394. The number of hydrogen-bond acceptors (Lipinski definition) is 5. The quantitative estimate of drug-likeness (QED) is 0.357. The van der Waals surface area contributed by atoms with Crippen LogP contribution in [0.4, 0.5) is 5.69 Å². The van der Waals surface area contributed by atoms with Crippen LogP contribution in [0.1, 0.15) is 36.8 Å². The van der Waals surface area contributed by atoms with Crippen LogP contribution in [0, 0.1) is 5.92 Å². The molecule has 2 amide bonds. The van der Waals surface area contributed by atoms with Gasteiger partial charge in [0, 0.05) is 55.9 Å². The third-order valence-electron chi connectivity index (χ3n) is 7.69. The van der Waals surface area contributed by atoms with Crippen molar-refractivity contribution in [2.45, 2.75) is 38.8 Å². The average molecular weight is 576 g/mol. The summed E-state index contributed by atoms with van der Waals surface area (Å²) in [5.41, 5.74) is 3.07. The molecule has 0 atom stereocenters. The van der Waals surface area contributed by atoms with Crippen LogP contribution in [-0.2, 0) is 22.7 Å². The van der Waals surface area contributed by atoms with E-state index < -0.39 is 0 Å². The van der Waals surface area contributed by atoms with Crippen molar-refractivity contribution in [1.82, 2.24) is 9.80 Å². The van der Waals surface area contributed by atoms with Crippen LogP contribution in [0.25, 0.3) is 0 Å². The molecule has 0 bridgehead atoms. The van der Waals surface area contributed by atoms with Gasteiger partial charge in [-0.05, 0) is 67.1 Å². The lowest BCUT2D eigenvalue weighted by atomic mass is 10.1. The summed E-state index contributed by atoms with van der Waals surface area (Å²) in [6.07, 6.45) is 3.59. The number of methoxy groups -OCH3 is 1. The number of amides is 2. The first-order valence-electron chi connectivity index (χ1n) is 14.4. The second-order valence-electron chi connectivity index (χ2n) is 10.8. The first kappa shape index (κ1) is 29.0. The number of carbonyl (C=O) groups is 2. The summed E-state index contributed by atoms with van der Waals surface area (Å²) >= 11 is 6.11. The molecule has 0 radical (unpaired) electrons. The molecule has 3 aromatic carbocycles. The fourth-order valence-corrected chi connectivity index (χ4v) is 5.46. The molecule has 0 saturated heterocycles. The van der Waals surface area contributed by atoms with Crippen LogP contribution in [-0.4, -0.2) is 61.5 Å². The maximum absolute atomic E-state index is 13.6. The summed E-state index contributed by atoms with van der Waals surface area (Å²) in [7, 11) is 1.59. The molecule has 0 unspecified atom stereocenters. The van der Waals surface area contributed by atoms with E-state index in [0.717, 1.165) is 61.6 Å². The third kappa shape index (κ3) is 7.80. The van der Waals surface area contributed by atoms with Gasteiger partial charge >= 0.3 is 0 Å². The Hall–Kier alpha value is -3.55. The van der Waals surface area contributed by atoms with E-state index in [2.05, 4.69) is 17.0 Å². The minimum absolute atomic E-state index is 0.0955. The number of rotatable bonds is 7. The standard InChI is InChI=1S/C33H38ClN3O4/c1-40-30-10-4-5-11-31(30)41-24-32(38)36-20-6-18-35(22-25-12-16-28(34)17-13-25)19-7-21-37(33(39)26-14-15-26)29-9-3-2-8-27(29)23-36/h2-5,8-13,16-17,26H,6-7,14-15,18-24H2,1H3. The molecule has 7 nitrogen and oxygen atoms in total. The Morgan fingerprint density at radius 2 is 1.54 bits per heavy atom. The number of benzene rings is 3. The SMILES string of the molecule is COc1ccccc1OCC(=O)N1CCCN(Cc2ccc(Cl)cc2)CCCN(C(=O)C2CC2)c2ccccc2C1. The maximum atomic E-state index is 13.6. The van der Waals surface area contributed by atoms with E-state index >= 15 is 0 Å². The van der Waals surface area contributed by atoms with Gasteiger partial charge in [-0.2, -0.15) is 0 Å². The Kier molecular flexibility index (Phi) is 9.80. The maximum Gasteiger partial charge on any atom is 0.260 e. The first-order valence-corrected chi connectivity index (χ1v) is 14.8. The van der Waals surface area contributed by atoms with Crippen molar-refractivity contribution in [1.29, 1.82) is 0 Å². The van der Waals surface area contributed by atoms with E-state index in [-0.39, 0.29) is 24.3 Å². The monoisotopic (exact) mass is 575 g/mol. The smallest absolute Gasteiger partial charge is 0.260 e. The fourth-order valence-electron chi connectivity index (χ4n) is 5.33. The van der Waals surface area contributed by atoms with Gasteiger partial charge in [0.15, 0.2) is 18.1 Å². The van der Waals surface area contributed by atoms with Crippen molar-refractivity contribution >= 4 is 29.1 Å². The highest BCUT2D eigenvalue weighted by molar-refractivity contribution is 6.30. The highest BCUT2D eigenvalue weighted by Gasteiger charge is 2.35. The molecule has 8 heteroatoms. The molecule has 0 N–H and O–H groups in total. The second kappa shape index (κ2) is 13.9. The van der Waals surface area contributed by atoms with Gasteiger partial charge in [0.25, 0.3) is 5.91 Å². The molecule has 1 fully saturated rings. The summed E-state index contributed by atoms with van der Waals surface area (Å²) in [6, 6.07) is 23.3. The Labute approximate surface area is 247 Å². The summed E-state index contributed by atoms with van der Waals surface area (Å²) in [6.45, 7) is 4.01. The van der Waals surface area contributed by atoms with Gasteiger partial charge in [-0.15, -0.1) is 0 Å². The summed E-state index contributed by atoms with van der Waals surface area (Å²) in [4.78, 5) is 33.3. The number of ether oxygens (including phenoxy) is 2. The molecule has 0 spiro atoms. The molecule has 0 aromatic heterocycles. The van der Waals surface area contributed by atoms with E-state index in [1.165, 1.54) is 5.56 Å². The van der Waals surface area contributed by atoms with E-state index in [1.807, 2.05) is 64.4 Å². The van der Waals surface area contributed by atoms with Gasteiger partial charge in [-0.1, -0.05) is 54.1 Å². The largest absolute Gasteiger partial charge is 0.493 e. The van der Waals surface area contributed by atoms with Gasteiger partial charge in [-0.25, -0.2) is 0 Å². The van der Waals surface area contributed by atoms with E-state index in [4.69, 9.17) is 21.1 Å². The number of hydrogen-bond donors (Lipinski definition) is 0. The van der Waals surface area contributed by atoms with E-state index in [0.29, 0.717) is 31.1 Å². The first-order chi connectivity index (χ1) is 20.0. The number of nitrogens with zero attached hydrogens (tertiary/aromatic N) is 3. The lowest BCUT2D eigenvalue weighted by molar-refractivity contribution is -0.134. The summed E-state index contributed by atoms with van der Waals surface area (Å²) in [5.74, 6) is 1.32. The van der Waals surface area contributed by atoms with E-state index in [9.17, 15) is 9.59 Å². The normalized spacial score (nSPS) is 16.7. The van der Waals surface area contributed by atoms with E-state index in [1.54, 1.807) is 13.2 Å².